The van der Waals surface area contributed by atoms with Gasteiger partial charge in [-0.05, 0) is 18.9 Å². The van der Waals surface area contributed by atoms with Crippen molar-refractivity contribution >= 4 is 5.91 Å². The van der Waals surface area contributed by atoms with E-state index in [4.69, 9.17) is 10.5 Å². The predicted octanol–water partition coefficient (Wildman–Crippen LogP) is 0.124. The van der Waals surface area contributed by atoms with Crippen molar-refractivity contribution in [1.82, 2.24) is 5.32 Å². The molecule has 0 aliphatic rings. The minimum Gasteiger partial charge on any atom is -0.385 e. The lowest BCUT2D eigenvalue weighted by Gasteiger charge is -2.09. The highest BCUT2D eigenvalue weighted by molar-refractivity contribution is 5.75. The van der Waals surface area contributed by atoms with E-state index < -0.39 is 0 Å². The van der Waals surface area contributed by atoms with E-state index in [1.165, 1.54) is 0 Å². The maximum atomic E-state index is 11.1. The zero-order valence-electron chi connectivity index (χ0n) is 8.51. The third kappa shape index (κ3) is 7.74. The molecule has 0 aromatic carbocycles. The fraction of sp³-hybridized carbons (Fsp3) is 0.889. The normalized spacial score (nSPS) is 12.5. The summed E-state index contributed by atoms with van der Waals surface area (Å²) in [6.07, 6.45) is 1.31. The summed E-state index contributed by atoms with van der Waals surface area (Å²) in [7, 11) is 1.63. The van der Waals surface area contributed by atoms with Gasteiger partial charge in [-0.15, -0.1) is 0 Å². The van der Waals surface area contributed by atoms with Crippen LogP contribution in [0.2, 0.25) is 0 Å². The second kappa shape index (κ2) is 8.01. The Morgan fingerprint density at radius 1 is 1.62 bits per heavy atom. The van der Waals surface area contributed by atoms with Gasteiger partial charge in [0.25, 0.3) is 0 Å². The second-order valence-corrected chi connectivity index (χ2v) is 3.24. The number of rotatable bonds is 7. The van der Waals surface area contributed by atoms with Gasteiger partial charge in [0.15, 0.2) is 0 Å². The van der Waals surface area contributed by atoms with E-state index in [0.29, 0.717) is 32.0 Å². The van der Waals surface area contributed by atoms with Crippen LogP contribution in [0.15, 0.2) is 0 Å². The van der Waals surface area contributed by atoms with E-state index in [-0.39, 0.29) is 5.91 Å². The van der Waals surface area contributed by atoms with Crippen LogP contribution in [0.4, 0.5) is 0 Å². The van der Waals surface area contributed by atoms with Crippen LogP contribution in [0.3, 0.4) is 0 Å². The van der Waals surface area contributed by atoms with Gasteiger partial charge in [0.1, 0.15) is 0 Å². The zero-order valence-corrected chi connectivity index (χ0v) is 8.51. The van der Waals surface area contributed by atoms with Gasteiger partial charge < -0.3 is 15.8 Å². The van der Waals surface area contributed by atoms with Gasteiger partial charge in [-0.2, -0.15) is 0 Å². The van der Waals surface area contributed by atoms with Gasteiger partial charge in [-0.25, -0.2) is 0 Å². The molecule has 0 aliphatic carbocycles. The number of hydrogen-bond donors (Lipinski definition) is 2. The molecule has 0 heterocycles. The van der Waals surface area contributed by atoms with Gasteiger partial charge >= 0.3 is 0 Å². The van der Waals surface area contributed by atoms with Crippen LogP contribution in [0.25, 0.3) is 0 Å². The number of methoxy groups -OCH3 is 1. The minimum atomic E-state index is 0.0809. The molecule has 0 rings (SSSR count). The average molecular weight is 188 g/mol. The first-order valence-corrected chi connectivity index (χ1v) is 4.66. The van der Waals surface area contributed by atoms with E-state index >= 15 is 0 Å². The molecule has 0 radical (unpaired) electrons. The second-order valence-electron chi connectivity index (χ2n) is 3.24. The summed E-state index contributed by atoms with van der Waals surface area (Å²) in [5, 5.41) is 2.82. The highest BCUT2D eigenvalue weighted by Crippen LogP contribution is 1.91. The topological polar surface area (TPSA) is 64.3 Å². The summed E-state index contributed by atoms with van der Waals surface area (Å²) < 4.78 is 4.84. The van der Waals surface area contributed by atoms with Crippen LogP contribution in [0, 0.1) is 5.92 Å². The largest absolute Gasteiger partial charge is 0.385 e. The molecule has 0 bridgehead atoms. The number of carbonyl (C=O) groups excluding carboxylic acids is 1. The van der Waals surface area contributed by atoms with E-state index in [2.05, 4.69) is 5.32 Å². The summed E-state index contributed by atoms with van der Waals surface area (Å²) in [4.78, 5) is 11.1. The molecule has 0 fully saturated rings. The lowest BCUT2D eigenvalue weighted by Crippen LogP contribution is -2.31. The lowest BCUT2D eigenvalue weighted by atomic mass is 10.2. The third-order valence-electron chi connectivity index (χ3n) is 1.80. The SMILES string of the molecule is COCCCC(=O)NCC(C)CN. The molecule has 0 aromatic rings. The zero-order chi connectivity index (χ0) is 10.1. The van der Waals surface area contributed by atoms with Crippen molar-refractivity contribution in [1.29, 1.82) is 0 Å². The quantitative estimate of drug-likeness (QED) is 0.558. The number of ether oxygens (including phenoxy) is 1. The van der Waals surface area contributed by atoms with Crippen LogP contribution >= 0.6 is 0 Å². The number of hydrogen-bond acceptors (Lipinski definition) is 3. The van der Waals surface area contributed by atoms with Crippen molar-refractivity contribution < 1.29 is 9.53 Å². The van der Waals surface area contributed by atoms with E-state index in [0.717, 1.165) is 6.42 Å². The van der Waals surface area contributed by atoms with Crippen LogP contribution < -0.4 is 11.1 Å². The summed E-state index contributed by atoms with van der Waals surface area (Å²) in [6, 6.07) is 0. The van der Waals surface area contributed by atoms with Crippen molar-refractivity contribution in [2.24, 2.45) is 11.7 Å². The van der Waals surface area contributed by atoms with Crippen LogP contribution in [-0.2, 0) is 9.53 Å². The molecule has 13 heavy (non-hydrogen) atoms. The van der Waals surface area contributed by atoms with E-state index in [1.807, 2.05) is 6.92 Å². The Morgan fingerprint density at radius 2 is 2.31 bits per heavy atom. The van der Waals surface area contributed by atoms with Crippen molar-refractivity contribution in [2.45, 2.75) is 19.8 Å². The molecule has 4 nitrogen and oxygen atoms in total. The summed E-state index contributed by atoms with van der Waals surface area (Å²) in [5.41, 5.74) is 5.41. The minimum absolute atomic E-state index is 0.0809. The van der Waals surface area contributed by atoms with Crippen molar-refractivity contribution in [2.75, 3.05) is 26.8 Å². The molecule has 1 unspecified atom stereocenters. The first-order valence-electron chi connectivity index (χ1n) is 4.66. The van der Waals surface area contributed by atoms with Gasteiger partial charge in [0.2, 0.25) is 5.91 Å². The molecule has 78 valence electrons. The molecule has 0 saturated heterocycles. The van der Waals surface area contributed by atoms with Gasteiger partial charge in [-0.3, -0.25) is 4.79 Å². The lowest BCUT2D eigenvalue weighted by molar-refractivity contribution is -0.121. The van der Waals surface area contributed by atoms with Gasteiger partial charge in [0, 0.05) is 26.7 Å². The standard InChI is InChI=1S/C9H20N2O2/c1-8(6-10)7-11-9(12)4-3-5-13-2/h8H,3-7,10H2,1-2H3,(H,11,12). The summed E-state index contributed by atoms with van der Waals surface area (Å²) in [5.74, 6) is 0.434. The van der Waals surface area contributed by atoms with Gasteiger partial charge in [-0.1, -0.05) is 6.92 Å². The van der Waals surface area contributed by atoms with Crippen molar-refractivity contribution in [3.05, 3.63) is 0 Å². The molecular formula is C9H20N2O2. The number of nitrogens with one attached hydrogen (secondary N) is 1. The Hall–Kier alpha value is -0.610. The van der Waals surface area contributed by atoms with Gasteiger partial charge in [0.05, 0.1) is 0 Å². The fourth-order valence-electron chi connectivity index (χ4n) is 0.837. The molecule has 3 N–H and O–H groups in total. The monoisotopic (exact) mass is 188 g/mol. The maximum absolute atomic E-state index is 11.1. The molecule has 4 heteroatoms. The summed E-state index contributed by atoms with van der Waals surface area (Å²) in [6.45, 7) is 3.93. The molecule has 0 aromatic heterocycles. The molecule has 0 spiro atoms. The van der Waals surface area contributed by atoms with E-state index in [1.54, 1.807) is 7.11 Å². The first-order chi connectivity index (χ1) is 6.20. The van der Waals surface area contributed by atoms with Crippen LogP contribution in [0.1, 0.15) is 19.8 Å². The predicted molar refractivity (Wildman–Crippen MR) is 52.3 cm³/mol. The average Bonchev–Trinajstić information content (AvgIpc) is 2.14. The molecule has 1 atom stereocenters. The number of amides is 1. The highest BCUT2D eigenvalue weighted by atomic mass is 16.5. The third-order valence-corrected chi connectivity index (χ3v) is 1.80. The first kappa shape index (κ1) is 12.4. The molecule has 0 saturated carbocycles. The summed E-state index contributed by atoms with van der Waals surface area (Å²) >= 11 is 0. The molecule has 1 amide bonds. The number of nitrogens with two attached hydrogens (primary N) is 1. The Kier molecular flexibility index (Phi) is 7.63. The number of carbonyl (C=O) groups is 1. The molecule has 0 aliphatic heterocycles. The van der Waals surface area contributed by atoms with Crippen molar-refractivity contribution in [3.8, 4) is 0 Å². The van der Waals surface area contributed by atoms with Crippen LogP contribution in [-0.4, -0.2) is 32.7 Å². The molecular weight excluding hydrogens is 168 g/mol. The Labute approximate surface area is 79.8 Å². The fourth-order valence-corrected chi connectivity index (χ4v) is 0.837. The Balaban J connectivity index is 3.30. The Morgan fingerprint density at radius 3 is 2.85 bits per heavy atom. The van der Waals surface area contributed by atoms with Crippen LogP contribution in [0.5, 0.6) is 0 Å². The van der Waals surface area contributed by atoms with E-state index in [9.17, 15) is 4.79 Å². The maximum Gasteiger partial charge on any atom is 0.220 e. The smallest absolute Gasteiger partial charge is 0.220 e. The highest BCUT2D eigenvalue weighted by Gasteiger charge is 2.03. The Bertz CT molecular complexity index is 140. The van der Waals surface area contributed by atoms with Crippen molar-refractivity contribution in [3.63, 3.8) is 0 Å².